The number of hydrogen-bond acceptors (Lipinski definition) is 5. The number of pyridine rings is 1. The molecular weight excluding hydrogens is 255 g/mol. The third-order valence-electron chi connectivity index (χ3n) is 3.99. The average Bonchev–Trinajstić information content (AvgIpc) is 2.58. The molecule has 0 spiro atoms. The third-order valence-corrected chi connectivity index (χ3v) is 3.99. The second-order valence-electron chi connectivity index (χ2n) is 5.85. The number of nitrogens with zero attached hydrogens (tertiary/aromatic N) is 2. The van der Waals surface area contributed by atoms with Crippen LogP contribution in [0, 0.1) is 11.3 Å². The summed E-state index contributed by atoms with van der Waals surface area (Å²) in [4.78, 5) is 4.19. The van der Waals surface area contributed by atoms with E-state index in [0.29, 0.717) is 5.88 Å². The lowest BCUT2D eigenvalue weighted by atomic mass is 9.76. The first-order valence-corrected chi connectivity index (χ1v) is 6.56. The van der Waals surface area contributed by atoms with Gasteiger partial charge in [0.2, 0.25) is 5.88 Å². The van der Waals surface area contributed by atoms with Crippen molar-refractivity contribution in [2.45, 2.75) is 45.3 Å². The molecule has 2 rings (SSSR count). The molecule has 106 valence electrons. The van der Waals surface area contributed by atoms with Crippen LogP contribution in [0.15, 0.2) is 12.3 Å². The van der Waals surface area contributed by atoms with Gasteiger partial charge in [-0.15, -0.1) is 0 Å². The van der Waals surface area contributed by atoms with Gasteiger partial charge in [0.15, 0.2) is 0 Å². The van der Waals surface area contributed by atoms with Gasteiger partial charge in [0.1, 0.15) is 0 Å². The highest BCUT2D eigenvalue weighted by Gasteiger charge is 2.52. The predicted octanol–water partition coefficient (Wildman–Crippen LogP) is 1.46. The largest absolute Gasteiger partial charge is 0.496 e. The lowest BCUT2D eigenvalue weighted by molar-refractivity contribution is 0.00578. The van der Waals surface area contributed by atoms with Gasteiger partial charge in [-0.25, -0.2) is 4.98 Å². The molecule has 1 fully saturated rings. The summed E-state index contributed by atoms with van der Waals surface area (Å²) >= 11 is 0. The van der Waals surface area contributed by atoms with E-state index in [-0.39, 0.29) is 6.42 Å². The molecule has 1 aliphatic heterocycles. The molecule has 5 nitrogen and oxygen atoms in total. The third kappa shape index (κ3) is 2.51. The highest BCUT2D eigenvalue weighted by Crippen LogP contribution is 2.36. The van der Waals surface area contributed by atoms with E-state index >= 15 is 0 Å². The topological polar surface area (TPSA) is 64.4 Å². The summed E-state index contributed by atoms with van der Waals surface area (Å²) < 4.78 is 17.1. The molecule has 1 aromatic heterocycles. The first-order chi connectivity index (χ1) is 9.30. The second kappa shape index (κ2) is 5.08. The fourth-order valence-electron chi connectivity index (χ4n) is 2.02. The Morgan fingerprint density at radius 1 is 1.30 bits per heavy atom. The van der Waals surface area contributed by atoms with Gasteiger partial charge < -0.3 is 14.0 Å². The molecule has 0 atom stereocenters. The van der Waals surface area contributed by atoms with E-state index in [1.54, 1.807) is 19.4 Å². The highest BCUT2D eigenvalue weighted by molar-refractivity contribution is 6.62. The van der Waals surface area contributed by atoms with Crippen LogP contribution >= 0.6 is 0 Å². The quantitative estimate of drug-likeness (QED) is 0.781. The van der Waals surface area contributed by atoms with Gasteiger partial charge in [0, 0.05) is 17.7 Å². The molecule has 0 radical (unpaired) electrons. The van der Waals surface area contributed by atoms with Crippen LogP contribution < -0.4 is 10.2 Å². The van der Waals surface area contributed by atoms with E-state index < -0.39 is 18.3 Å². The van der Waals surface area contributed by atoms with Gasteiger partial charge in [-0.3, -0.25) is 0 Å². The molecule has 0 aromatic carbocycles. The molecule has 1 aromatic rings. The molecule has 6 heteroatoms. The number of ether oxygens (including phenoxy) is 1. The number of nitriles is 1. The van der Waals surface area contributed by atoms with Crippen molar-refractivity contribution in [3.63, 3.8) is 0 Å². The molecule has 1 aliphatic rings. The van der Waals surface area contributed by atoms with Crippen LogP contribution in [0.2, 0.25) is 0 Å². The van der Waals surface area contributed by atoms with Crippen molar-refractivity contribution >= 4 is 12.6 Å². The number of rotatable bonds is 3. The Morgan fingerprint density at radius 3 is 2.40 bits per heavy atom. The molecule has 0 unspecified atom stereocenters. The van der Waals surface area contributed by atoms with Gasteiger partial charge in [0.05, 0.1) is 30.8 Å². The van der Waals surface area contributed by atoms with Crippen molar-refractivity contribution in [2.24, 2.45) is 0 Å². The zero-order chi connectivity index (χ0) is 15.0. The Kier molecular flexibility index (Phi) is 3.76. The van der Waals surface area contributed by atoms with Gasteiger partial charge in [0.25, 0.3) is 0 Å². The van der Waals surface area contributed by atoms with E-state index in [9.17, 15) is 0 Å². The number of aromatic nitrogens is 1. The molecule has 20 heavy (non-hydrogen) atoms. The van der Waals surface area contributed by atoms with E-state index in [2.05, 4.69) is 11.1 Å². The first kappa shape index (κ1) is 14.8. The molecule has 0 N–H and O–H groups in total. The maximum absolute atomic E-state index is 8.96. The SMILES string of the molecule is COc1cc(CC#N)c(B2OC(C)(C)C(C)(C)O2)cn1. The van der Waals surface area contributed by atoms with Crippen molar-refractivity contribution in [1.82, 2.24) is 4.98 Å². The number of methoxy groups -OCH3 is 1. The van der Waals surface area contributed by atoms with Crippen molar-refractivity contribution in [3.05, 3.63) is 17.8 Å². The maximum atomic E-state index is 8.96. The minimum absolute atomic E-state index is 0.262. The Labute approximate surface area is 120 Å². The zero-order valence-corrected chi connectivity index (χ0v) is 12.6. The van der Waals surface area contributed by atoms with Crippen molar-refractivity contribution in [2.75, 3.05) is 7.11 Å². The van der Waals surface area contributed by atoms with E-state index in [1.165, 1.54) is 0 Å². The van der Waals surface area contributed by atoms with Crippen molar-refractivity contribution in [1.29, 1.82) is 5.26 Å². The van der Waals surface area contributed by atoms with E-state index in [0.717, 1.165) is 11.0 Å². The Morgan fingerprint density at radius 2 is 1.90 bits per heavy atom. The fraction of sp³-hybridized carbons (Fsp3) is 0.571. The standard InChI is InChI=1S/C14H19BN2O3/c1-13(2)14(3,4)20-15(19-13)11-9-17-12(18-5)8-10(11)6-7-16/h8-9H,6H2,1-5H3. The van der Waals surface area contributed by atoms with Gasteiger partial charge >= 0.3 is 7.12 Å². The summed E-state index contributed by atoms with van der Waals surface area (Å²) in [5.41, 5.74) is 0.770. The van der Waals surface area contributed by atoms with Crippen molar-refractivity contribution < 1.29 is 14.0 Å². The van der Waals surface area contributed by atoms with Crippen LogP contribution in [0.4, 0.5) is 0 Å². The first-order valence-electron chi connectivity index (χ1n) is 6.56. The van der Waals surface area contributed by atoms with Crippen LogP contribution in [0.3, 0.4) is 0 Å². The van der Waals surface area contributed by atoms with Gasteiger partial charge in [-0.1, -0.05) is 0 Å². The maximum Gasteiger partial charge on any atom is 0.496 e. The minimum Gasteiger partial charge on any atom is -0.481 e. The zero-order valence-electron chi connectivity index (χ0n) is 12.6. The van der Waals surface area contributed by atoms with Crippen LogP contribution in [-0.4, -0.2) is 30.4 Å². The Hall–Kier alpha value is -1.58. The monoisotopic (exact) mass is 274 g/mol. The summed E-state index contributed by atoms with van der Waals surface area (Å²) in [5.74, 6) is 0.482. The molecule has 0 amide bonds. The van der Waals surface area contributed by atoms with Crippen LogP contribution in [0.25, 0.3) is 0 Å². The average molecular weight is 274 g/mol. The molecule has 0 bridgehead atoms. The summed E-state index contributed by atoms with van der Waals surface area (Å²) in [5, 5.41) is 8.96. The lowest BCUT2D eigenvalue weighted by Crippen LogP contribution is -2.41. The van der Waals surface area contributed by atoms with Crippen LogP contribution in [-0.2, 0) is 15.7 Å². The molecule has 0 aliphatic carbocycles. The van der Waals surface area contributed by atoms with E-state index in [1.807, 2.05) is 27.7 Å². The summed E-state index contributed by atoms with van der Waals surface area (Å²) in [6.45, 7) is 7.98. The minimum atomic E-state index is -0.512. The Balaban J connectivity index is 2.37. The Bertz CT molecular complexity index is 536. The molecular formula is C14H19BN2O3. The molecule has 0 saturated carbocycles. The summed E-state index contributed by atoms with van der Waals surface area (Å²) in [6.07, 6.45) is 1.92. The lowest BCUT2D eigenvalue weighted by Gasteiger charge is -2.32. The summed E-state index contributed by atoms with van der Waals surface area (Å²) in [6, 6.07) is 3.90. The number of hydrogen-bond donors (Lipinski definition) is 0. The van der Waals surface area contributed by atoms with Gasteiger partial charge in [-0.05, 0) is 33.3 Å². The summed E-state index contributed by atoms with van der Waals surface area (Å²) in [7, 11) is 1.04. The van der Waals surface area contributed by atoms with Crippen LogP contribution in [0.5, 0.6) is 5.88 Å². The highest BCUT2D eigenvalue weighted by atomic mass is 16.7. The van der Waals surface area contributed by atoms with Crippen LogP contribution in [0.1, 0.15) is 33.3 Å². The van der Waals surface area contributed by atoms with Crippen molar-refractivity contribution in [3.8, 4) is 11.9 Å². The normalized spacial score (nSPS) is 19.7. The predicted molar refractivity (Wildman–Crippen MR) is 75.8 cm³/mol. The fourth-order valence-corrected chi connectivity index (χ4v) is 2.02. The smallest absolute Gasteiger partial charge is 0.481 e. The second-order valence-corrected chi connectivity index (χ2v) is 5.85. The van der Waals surface area contributed by atoms with Gasteiger partial charge in [-0.2, -0.15) is 5.26 Å². The molecule has 1 saturated heterocycles. The molecule has 2 heterocycles. The van der Waals surface area contributed by atoms with E-state index in [4.69, 9.17) is 19.3 Å².